The zero-order chi connectivity index (χ0) is 36.9. The van der Waals surface area contributed by atoms with Gasteiger partial charge >= 0.3 is 6.09 Å². The minimum atomic E-state index is -4.04. The van der Waals surface area contributed by atoms with Gasteiger partial charge in [-0.1, -0.05) is 12.2 Å². The number of pyridine rings is 1. The number of nitrogens with zero attached hydrogens (tertiary/aromatic N) is 2. The van der Waals surface area contributed by atoms with Gasteiger partial charge < -0.3 is 34.9 Å². The zero-order valence-corrected chi connectivity index (χ0v) is 29.5. The molecule has 7 atom stereocenters. The molecule has 3 heterocycles. The van der Waals surface area contributed by atoms with Crippen molar-refractivity contribution in [2.24, 2.45) is 5.92 Å². The van der Waals surface area contributed by atoms with Crippen LogP contribution >= 0.6 is 0 Å². The van der Waals surface area contributed by atoms with Crippen LogP contribution in [0.25, 0.3) is 10.8 Å². The Labute approximate surface area is 294 Å². The van der Waals surface area contributed by atoms with E-state index in [1.54, 1.807) is 32.9 Å². The highest BCUT2D eigenvalue weighted by Crippen LogP contribution is 2.47. The number of hydrogen-bond acceptors (Lipinski definition) is 10. The van der Waals surface area contributed by atoms with Crippen molar-refractivity contribution in [2.75, 3.05) is 13.7 Å². The summed E-state index contributed by atoms with van der Waals surface area (Å²) in [6.45, 7) is 4.67. The molecule has 0 spiro atoms. The molecular formula is C34H42FN5O10S. The van der Waals surface area contributed by atoms with Crippen molar-refractivity contribution in [3.05, 3.63) is 42.4 Å². The second-order valence-corrected chi connectivity index (χ2v) is 16.2. The summed E-state index contributed by atoms with van der Waals surface area (Å²) in [4.78, 5) is 59.5. The van der Waals surface area contributed by atoms with E-state index in [1.807, 2.05) is 6.08 Å². The number of carbonyl (C=O) groups is 4. The number of hydrogen-bond donors (Lipinski definition) is 4. The van der Waals surface area contributed by atoms with Gasteiger partial charge in [-0.05, 0) is 65.0 Å². The Morgan fingerprint density at radius 3 is 2.63 bits per heavy atom. The first-order valence-corrected chi connectivity index (χ1v) is 18.4. The largest absolute Gasteiger partial charge is 0.496 e. The van der Waals surface area contributed by atoms with E-state index in [4.69, 9.17) is 14.2 Å². The Morgan fingerprint density at radius 2 is 1.94 bits per heavy atom. The van der Waals surface area contributed by atoms with Crippen molar-refractivity contribution in [3.63, 3.8) is 0 Å². The SMILES string of the molecule is COc1cc(F)cc2c(O[C@@H]3C[C@H]4C(=O)N[C@]5(C(=O)NS(=O)(=O)C6(C)CC6)C[C@H]5C=CCC[C@@H](C)O[C@@H](C)[C@H](NC(=O)O)C(=O)N4C3)nccc12. The van der Waals surface area contributed by atoms with Gasteiger partial charge in [0, 0.05) is 30.0 Å². The minimum Gasteiger partial charge on any atom is -0.496 e. The number of sulfonamides is 1. The molecule has 4 amide bonds. The topological polar surface area (TPSA) is 203 Å². The molecule has 276 valence electrons. The van der Waals surface area contributed by atoms with Crippen molar-refractivity contribution in [2.45, 2.75) is 100.0 Å². The Bertz CT molecular complexity index is 1890. The first kappa shape index (κ1) is 36.3. The van der Waals surface area contributed by atoms with Crippen LogP contribution in [0.3, 0.4) is 0 Å². The lowest BCUT2D eigenvalue weighted by Gasteiger charge is -2.32. The van der Waals surface area contributed by atoms with Crippen LogP contribution < -0.4 is 24.8 Å². The van der Waals surface area contributed by atoms with Crippen LogP contribution in [-0.4, -0.2) is 102 Å². The lowest BCUT2D eigenvalue weighted by atomic mass is 10.1. The second-order valence-electron chi connectivity index (χ2n) is 14.0. The van der Waals surface area contributed by atoms with E-state index in [0.29, 0.717) is 31.1 Å². The van der Waals surface area contributed by atoms with Gasteiger partial charge in [-0.3, -0.25) is 19.1 Å². The van der Waals surface area contributed by atoms with E-state index in [-0.39, 0.29) is 36.4 Å². The quantitative estimate of drug-likeness (QED) is 0.305. The van der Waals surface area contributed by atoms with E-state index in [0.717, 1.165) is 4.90 Å². The number of nitrogens with one attached hydrogen (secondary N) is 3. The summed E-state index contributed by atoms with van der Waals surface area (Å²) in [7, 11) is -2.65. The maximum absolute atomic E-state index is 14.6. The number of benzene rings is 1. The number of halogens is 1. The molecule has 3 fully saturated rings. The van der Waals surface area contributed by atoms with E-state index < -0.39 is 86.3 Å². The lowest BCUT2D eigenvalue weighted by Crippen LogP contribution is -2.60. The predicted octanol–water partition coefficient (Wildman–Crippen LogP) is 2.38. The molecule has 4 N–H and O–H groups in total. The number of fused-ring (bicyclic) bond motifs is 3. The summed E-state index contributed by atoms with van der Waals surface area (Å²) in [5.74, 6) is -3.30. The third-order valence-corrected chi connectivity index (χ3v) is 12.4. The maximum atomic E-state index is 14.6. The highest BCUT2D eigenvalue weighted by atomic mass is 32.2. The third-order valence-electron chi connectivity index (χ3n) is 10.3. The van der Waals surface area contributed by atoms with Gasteiger partial charge in [0.1, 0.15) is 35.3 Å². The minimum absolute atomic E-state index is 0.0126. The van der Waals surface area contributed by atoms with Crippen molar-refractivity contribution in [1.29, 1.82) is 0 Å². The molecule has 1 aromatic carbocycles. The fourth-order valence-electron chi connectivity index (χ4n) is 6.85. The van der Waals surface area contributed by atoms with E-state index in [1.165, 1.54) is 25.4 Å². The molecule has 0 bridgehead atoms. The standard InChI is InChI=1S/C34H42FN5O10S/c1-18-7-5-6-8-20-16-34(20,31(43)39-51(46,47)33(3)10-11-33)38-28(41)25-15-22(17-40(25)30(42)27(19(2)49-18)37-32(44)45)50-29-24-13-21(35)14-26(48-4)23(24)9-12-36-29/h6,8-9,12-14,18-20,22,25,27,37H,5,7,10-11,15-17H2,1-4H3,(H,38,41)(H,39,43)(H,44,45)/t18-,19+,20-,22-,25+,27+,34-/m1/s1. The van der Waals surface area contributed by atoms with Crippen LogP contribution in [0.15, 0.2) is 36.5 Å². The second kappa shape index (κ2) is 13.6. The Morgan fingerprint density at radius 1 is 1.20 bits per heavy atom. The number of carbonyl (C=O) groups excluding carboxylic acids is 3. The number of rotatable bonds is 7. The van der Waals surface area contributed by atoms with Crippen LogP contribution in [0.5, 0.6) is 11.6 Å². The first-order chi connectivity index (χ1) is 24.1. The summed E-state index contributed by atoms with van der Waals surface area (Å²) >= 11 is 0. The predicted molar refractivity (Wildman–Crippen MR) is 180 cm³/mol. The number of aromatic nitrogens is 1. The highest BCUT2D eigenvalue weighted by molar-refractivity contribution is 7.91. The van der Waals surface area contributed by atoms with Gasteiger partial charge in [0.05, 0.1) is 36.0 Å². The van der Waals surface area contributed by atoms with Crippen LogP contribution in [0.1, 0.15) is 59.3 Å². The molecule has 4 aliphatic rings. The fourth-order valence-corrected chi connectivity index (χ4v) is 8.16. The molecule has 15 nitrogen and oxygen atoms in total. The van der Waals surface area contributed by atoms with E-state index in [2.05, 4.69) is 20.3 Å². The number of allylic oxidation sites excluding steroid dienone is 1. The Balaban J connectivity index is 1.35. The maximum Gasteiger partial charge on any atom is 0.405 e. The highest BCUT2D eigenvalue weighted by Gasteiger charge is 2.63. The van der Waals surface area contributed by atoms with Gasteiger partial charge in [-0.2, -0.15) is 0 Å². The average molecular weight is 732 g/mol. The first-order valence-electron chi connectivity index (χ1n) is 16.9. The number of amides is 4. The summed E-state index contributed by atoms with van der Waals surface area (Å²) in [6.07, 6.45) is 3.08. The van der Waals surface area contributed by atoms with Gasteiger partial charge in [-0.25, -0.2) is 22.6 Å². The summed E-state index contributed by atoms with van der Waals surface area (Å²) in [6, 6.07) is 1.34. The molecule has 51 heavy (non-hydrogen) atoms. The number of carboxylic acid groups (broad SMARTS) is 1. The summed E-state index contributed by atoms with van der Waals surface area (Å²) in [5, 5.41) is 15.5. The molecule has 1 aromatic heterocycles. The van der Waals surface area contributed by atoms with Crippen LogP contribution in [-0.2, 0) is 29.1 Å². The van der Waals surface area contributed by atoms with Crippen LogP contribution in [0.4, 0.5) is 9.18 Å². The molecule has 2 saturated carbocycles. The molecule has 2 aliphatic heterocycles. The monoisotopic (exact) mass is 731 g/mol. The molecule has 0 radical (unpaired) electrons. The van der Waals surface area contributed by atoms with E-state index >= 15 is 0 Å². The smallest absolute Gasteiger partial charge is 0.405 e. The van der Waals surface area contributed by atoms with Crippen molar-refractivity contribution < 1.29 is 51.3 Å². The summed E-state index contributed by atoms with van der Waals surface area (Å²) < 4.78 is 59.4. The van der Waals surface area contributed by atoms with Crippen LogP contribution in [0.2, 0.25) is 0 Å². The van der Waals surface area contributed by atoms with E-state index in [9.17, 15) is 37.1 Å². The van der Waals surface area contributed by atoms with Gasteiger partial charge in [0.25, 0.3) is 5.91 Å². The lowest BCUT2D eigenvalue weighted by molar-refractivity contribution is -0.144. The molecule has 2 aromatic rings. The van der Waals surface area contributed by atoms with Gasteiger partial charge in [0.15, 0.2) is 0 Å². The Kier molecular flexibility index (Phi) is 9.65. The zero-order valence-electron chi connectivity index (χ0n) is 28.7. The average Bonchev–Trinajstić information content (AvgIpc) is 3.95. The summed E-state index contributed by atoms with van der Waals surface area (Å²) in [5.41, 5.74) is -1.61. The number of methoxy groups -OCH3 is 1. The van der Waals surface area contributed by atoms with Gasteiger partial charge in [0.2, 0.25) is 27.7 Å². The van der Waals surface area contributed by atoms with Gasteiger partial charge in [-0.15, -0.1) is 0 Å². The molecule has 17 heteroatoms. The molecule has 6 rings (SSSR count). The molecule has 1 saturated heterocycles. The normalized spacial score (nSPS) is 30.6. The number of ether oxygens (including phenoxy) is 3. The fraction of sp³-hybridized carbons (Fsp3) is 0.559. The molecular weight excluding hydrogens is 689 g/mol. The Hall–Kier alpha value is -4.51. The third kappa shape index (κ3) is 7.18. The molecule has 2 aliphatic carbocycles. The van der Waals surface area contributed by atoms with Crippen molar-refractivity contribution in [1.82, 2.24) is 25.2 Å². The van der Waals surface area contributed by atoms with Crippen LogP contribution in [0, 0.1) is 11.7 Å². The van der Waals surface area contributed by atoms with Crippen molar-refractivity contribution in [3.8, 4) is 11.6 Å². The van der Waals surface area contributed by atoms with Crippen molar-refractivity contribution >= 4 is 44.6 Å². The molecule has 0 unspecified atom stereocenters.